The van der Waals surface area contributed by atoms with Gasteiger partial charge in [-0.2, -0.15) is 0 Å². The normalized spacial score (nSPS) is 27.8. The van der Waals surface area contributed by atoms with Crippen LogP contribution in [-0.2, 0) is 0 Å². The van der Waals surface area contributed by atoms with E-state index in [1.165, 1.54) is 38.5 Å². The van der Waals surface area contributed by atoms with Gasteiger partial charge in [0, 0.05) is 6.04 Å². The van der Waals surface area contributed by atoms with E-state index in [-0.39, 0.29) is 0 Å². The van der Waals surface area contributed by atoms with Crippen molar-refractivity contribution < 1.29 is 0 Å². The average molecular weight is 195 g/mol. The molecule has 0 aromatic carbocycles. The van der Waals surface area contributed by atoms with E-state index in [2.05, 4.69) is 32.3 Å². The van der Waals surface area contributed by atoms with E-state index in [1.54, 1.807) is 5.57 Å². The molecule has 1 rings (SSSR count). The number of hydrogen-bond donors (Lipinski definition) is 1. The molecule has 0 amide bonds. The van der Waals surface area contributed by atoms with E-state index in [4.69, 9.17) is 0 Å². The number of rotatable bonds is 4. The molecule has 0 fully saturated rings. The number of allylic oxidation sites excluding steroid dienone is 1. The molecule has 0 radical (unpaired) electrons. The lowest BCUT2D eigenvalue weighted by Gasteiger charge is -2.22. The molecule has 0 aromatic rings. The van der Waals surface area contributed by atoms with E-state index < -0.39 is 0 Å². The fourth-order valence-corrected chi connectivity index (χ4v) is 2.15. The minimum absolute atomic E-state index is 0.721. The molecule has 2 unspecified atom stereocenters. The summed E-state index contributed by atoms with van der Waals surface area (Å²) in [5.41, 5.74) is 1.59. The summed E-state index contributed by atoms with van der Waals surface area (Å²) >= 11 is 0. The first-order valence-electron chi connectivity index (χ1n) is 6.21. The Morgan fingerprint density at radius 1 is 1.43 bits per heavy atom. The van der Waals surface area contributed by atoms with Crippen molar-refractivity contribution in [3.05, 3.63) is 11.8 Å². The van der Waals surface area contributed by atoms with E-state index >= 15 is 0 Å². The van der Waals surface area contributed by atoms with Crippen LogP contribution in [0.4, 0.5) is 0 Å². The first kappa shape index (κ1) is 11.6. The molecule has 0 bridgehead atoms. The smallest absolute Gasteiger partial charge is 0.0281 e. The maximum Gasteiger partial charge on any atom is 0.0281 e. The second-order valence-corrected chi connectivity index (χ2v) is 4.59. The van der Waals surface area contributed by atoms with Gasteiger partial charge in [0.1, 0.15) is 0 Å². The van der Waals surface area contributed by atoms with Gasteiger partial charge in [0.2, 0.25) is 0 Å². The average Bonchev–Trinajstić information content (AvgIpc) is 2.38. The minimum Gasteiger partial charge on any atom is -0.388 e. The minimum atomic E-state index is 0.721. The summed E-state index contributed by atoms with van der Waals surface area (Å²) in [4.78, 5) is 0. The van der Waals surface area contributed by atoms with Gasteiger partial charge in [-0.1, -0.05) is 39.2 Å². The Morgan fingerprint density at radius 3 is 2.86 bits per heavy atom. The van der Waals surface area contributed by atoms with Crippen LogP contribution >= 0.6 is 0 Å². The molecule has 1 heterocycles. The molecule has 1 nitrogen and oxygen atoms in total. The van der Waals surface area contributed by atoms with Crippen LogP contribution in [0.1, 0.15) is 59.3 Å². The molecule has 1 heteroatoms. The largest absolute Gasteiger partial charge is 0.388 e. The molecule has 0 spiro atoms. The quantitative estimate of drug-likeness (QED) is 0.718. The van der Waals surface area contributed by atoms with Gasteiger partial charge in [0.15, 0.2) is 0 Å². The summed E-state index contributed by atoms with van der Waals surface area (Å²) in [6.45, 7) is 6.92. The maximum absolute atomic E-state index is 3.61. The highest BCUT2D eigenvalue weighted by molar-refractivity contribution is 5.04. The third-order valence-corrected chi connectivity index (χ3v) is 3.43. The van der Waals surface area contributed by atoms with Crippen LogP contribution in [0.15, 0.2) is 11.8 Å². The lowest BCUT2D eigenvalue weighted by atomic mass is 9.92. The molecule has 2 atom stereocenters. The monoisotopic (exact) mass is 195 g/mol. The van der Waals surface area contributed by atoms with E-state index in [9.17, 15) is 0 Å². The van der Waals surface area contributed by atoms with Crippen molar-refractivity contribution in [1.29, 1.82) is 0 Å². The molecular formula is C13H25N. The Balaban J connectivity index is 2.45. The third kappa shape index (κ3) is 3.36. The van der Waals surface area contributed by atoms with Crippen LogP contribution in [0.2, 0.25) is 0 Å². The molecule has 14 heavy (non-hydrogen) atoms. The van der Waals surface area contributed by atoms with Crippen molar-refractivity contribution in [2.75, 3.05) is 0 Å². The van der Waals surface area contributed by atoms with Crippen LogP contribution in [-0.4, -0.2) is 6.04 Å². The summed E-state index contributed by atoms with van der Waals surface area (Å²) in [6.07, 6.45) is 10.2. The number of unbranched alkanes of at least 4 members (excludes halogenated alkanes) is 1. The molecule has 1 aliphatic heterocycles. The van der Waals surface area contributed by atoms with Crippen molar-refractivity contribution in [3.63, 3.8) is 0 Å². The van der Waals surface area contributed by atoms with Crippen molar-refractivity contribution in [1.82, 2.24) is 5.32 Å². The lowest BCUT2D eigenvalue weighted by molar-refractivity contribution is 0.370. The Kier molecular flexibility index (Phi) is 5.06. The first-order chi connectivity index (χ1) is 6.77. The van der Waals surface area contributed by atoms with Crippen LogP contribution < -0.4 is 5.32 Å². The predicted molar refractivity (Wildman–Crippen MR) is 63.2 cm³/mol. The maximum atomic E-state index is 3.61. The summed E-state index contributed by atoms with van der Waals surface area (Å²) in [7, 11) is 0. The van der Waals surface area contributed by atoms with E-state index in [1.807, 2.05) is 0 Å². The highest BCUT2D eigenvalue weighted by Crippen LogP contribution is 2.23. The van der Waals surface area contributed by atoms with Crippen LogP contribution in [0.5, 0.6) is 0 Å². The van der Waals surface area contributed by atoms with Crippen molar-refractivity contribution in [2.45, 2.75) is 65.3 Å². The van der Waals surface area contributed by atoms with Gasteiger partial charge in [-0.3, -0.25) is 0 Å². The standard InChI is InChI=1S/C13H25N/c1-4-6-7-13-11(3)8-9-12(5-2)10-14-13/h10-11,13-14H,4-9H2,1-3H3. The van der Waals surface area contributed by atoms with Gasteiger partial charge in [0.25, 0.3) is 0 Å². The van der Waals surface area contributed by atoms with Crippen LogP contribution in [0.25, 0.3) is 0 Å². The Hall–Kier alpha value is -0.460. The van der Waals surface area contributed by atoms with Crippen molar-refractivity contribution in [2.24, 2.45) is 5.92 Å². The molecule has 0 aromatic heterocycles. The molecule has 0 aliphatic carbocycles. The van der Waals surface area contributed by atoms with Crippen molar-refractivity contribution in [3.8, 4) is 0 Å². The summed E-state index contributed by atoms with van der Waals surface area (Å²) in [5, 5.41) is 3.61. The zero-order valence-electron chi connectivity index (χ0n) is 9.97. The molecular weight excluding hydrogens is 170 g/mol. The van der Waals surface area contributed by atoms with E-state index in [0.717, 1.165) is 12.0 Å². The van der Waals surface area contributed by atoms with Gasteiger partial charge in [-0.15, -0.1) is 0 Å². The SMILES string of the molecule is CCCCC1NC=C(CC)CCC1C. The summed E-state index contributed by atoms with van der Waals surface area (Å²) in [6, 6.07) is 0.721. The molecule has 1 N–H and O–H groups in total. The fraction of sp³-hybridized carbons (Fsp3) is 0.846. The zero-order chi connectivity index (χ0) is 10.4. The zero-order valence-corrected chi connectivity index (χ0v) is 9.97. The van der Waals surface area contributed by atoms with Gasteiger partial charge < -0.3 is 5.32 Å². The summed E-state index contributed by atoms with van der Waals surface area (Å²) in [5.74, 6) is 0.835. The number of hydrogen-bond acceptors (Lipinski definition) is 1. The van der Waals surface area contributed by atoms with Crippen molar-refractivity contribution >= 4 is 0 Å². The second kappa shape index (κ2) is 6.10. The lowest BCUT2D eigenvalue weighted by Crippen LogP contribution is -2.30. The molecule has 1 aliphatic rings. The molecule has 0 saturated carbocycles. The van der Waals surface area contributed by atoms with Gasteiger partial charge in [-0.25, -0.2) is 0 Å². The van der Waals surface area contributed by atoms with Crippen LogP contribution in [0, 0.1) is 5.92 Å². The Labute approximate surface area is 89.0 Å². The first-order valence-corrected chi connectivity index (χ1v) is 6.21. The number of nitrogens with one attached hydrogen (secondary N) is 1. The third-order valence-electron chi connectivity index (χ3n) is 3.43. The van der Waals surface area contributed by atoms with Gasteiger partial charge in [0.05, 0.1) is 0 Å². The molecule has 0 saturated heterocycles. The Bertz CT molecular complexity index is 184. The highest BCUT2D eigenvalue weighted by atomic mass is 14.9. The second-order valence-electron chi connectivity index (χ2n) is 4.59. The fourth-order valence-electron chi connectivity index (χ4n) is 2.15. The molecule has 82 valence electrons. The van der Waals surface area contributed by atoms with E-state index in [0.29, 0.717) is 0 Å². The Morgan fingerprint density at radius 2 is 2.21 bits per heavy atom. The highest BCUT2D eigenvalue weighted by Gasteiger charge is 2.18. The summed E-state index contributed by atoms with van der Waals surface area (Å²) < 4.78 is 0. The van der Waals surface area contributed by atoms with Gasteiger partial charge >= 0.3 is 0 Å². The van der Waals surface area contributed by atoms with Gasteiger partial charge in [-0.05, 0) is 37.8 Å². The van der Waals surface area contributed by atoms with Crippen LogP contribution in [0.3, 0.4) is 0 Å². The predicted octanol–water partition coefficient (Wildman–Crippen LogP) is 3.86. The topological polar surface area (TPSA) is 12.0 Å².